The summed E-state index contributed by atoms with van der Waals surface area (Å²) in [5.74, 6) is 2.51. The van der Waals surface area contributed by atoms with E-state index >= 15 is 0 Å². The van der Waals surface area contributed by atoms with Gasteiger partial charge in [-0.15, -0.1) is 0 Å². The maximum absolute atomic E-state index is 5.76. The molecule has 1 saturated carbocycles. The third-order valence-corrected chi connectivity index (χ3v) is 4.31. The van der Waals surface area contributed by atoms with E-state index in [0.717, 1.165) is 23.1 Å². The topological polar surface area (TPSA) is 9.23 Å². The average molecular weight is 278 g/mol. The number of rotatable bonds is 4. The summed E-state index contributed by atoms with van der Waals surface area (Å²) < 4.78 is 5.76. The maximum atomic E-state index is 5.76. The SMILES string of the molecule is C/C=C\C(=C/C)c1cccc(C2=CC3CC3C=C2)c1OC. The van der Waals surface area contributed by atoms with Crippen LogP contribution in [0.25, 0.3) is 11.1 Å². The van der Waals surface area contributed by atoms with Gasteiger partial charge in [0, 0.05) is 11.1 Å². The number of methoxy groups -OCH3 is 1. The lowest BCUT2D eigenvalue weighted by molar-refractivity contribution is 0.412. The lowest BCUT2D eigenvalue weighted by Gasteiger charge is -2.16. The van der Waals surface area contributed by atoms with Crippen LogP contribution >= 0.6 is 0 Å². The van der Waals surface area contributed by atoms with Crippen LogP contribution in [0.1, 0.15) is 31.4 Å². The quantitative estimate of drug-likeness (QED) is 0.682. The first-order valence-corrected chi connectivity index (χ1v) is 7.65. The van der Waals surface area contributed by atoms with Crippen molar-refractivity contribution < 1.29 is 4.74 Å². The summed E-state index contributed by atoms with van der Waals surface area (Å²) in [5.41, 5.74) is 4.84. The summed E-state index contributed by atoms with van der Waals surface area (Å²) in [6, 6.07) is 6.41. The van der Waals surface area contributed by atoms with E-state index in [1.807, 2.05) is 6.92 Å². The van der Waals surface area contributed by atoms with E-state index in [-0.39, 0.29) is 0 Å². The molecule has 0 N–H and O–H groups in total. The highest BCUT2D eigenvalue weighted by Crippen LogP contribution is 2.47. The van der Waals surface area contributed by atoms with Crippen LogP contribution in [0.2, 0.25) is 0 Å². The average Bonchev–Trinajstić information content (AvgIpc) is 3.30. The van der Waals surface area contributed by atoms with Gasteiger partial charge in [0.25, 0.3) is 0 Å². The molecule has 0 bridgehead atoms. The van der Waals surface area contributed by atoms with E-state index in [1.54, 1.807) is 7.11 Å². The number of benzene rings is 1. The van der Waals surface area contributed by atoms with E-state index in [0.29, 0.717) is 0 Å². The molecule has 1 heteroatoms. The molecule has 0 amide bonds. The Bertz CT molecular complexity index is 658. The monoisotopic (exact) mass is 278 g/mol. The summed E-state index contributed by atoms with van der Waals surface area (Å²) in [5, 5.41) is 0. The Morgan fingerprint density at radius 2 is 2.10 bits per heavy atom. The number of hydrogen-bond donors (Lipinski definition) is 0. The minimum Gasteiger partial charge on any atom is -0.495 e. The Hall–Kier alpha value is -2.02. The molecule has 108 valence electrons. The largest absolute Gasteiger partial charge is 0.495 e. The van der Waals surface area contributed by atoms with Crippen LogP contribution in [-0.4, -0.2) is 7.11 Å². The molecule has 2 aliphatic rings. The number of hydrogen-bond acceptors (Lipinski definition) is 1. The molecule has 1 aromatic carbocycles. The molecule has 1 nitrogen and oxygen atoms in total. The fraction of sp³-hybridized carbons (Fsp3) is 0.300. The summed E-state index contributed by atoms with van der Waals surface area (Å²) >= 11 is 0. The third kappa shape index (κ3) is 2.61. The molecule has 2 aliphatic carbocycles. The molecule has 0 saturated heterocycles. The van der Waals surface area contributed by atoms with Gasteiger partial charge in [-0.1, -0.05) is 54.7 Å². The van der Waals surface area contributed by atoms with Crippen LogP contribution in [0.3, 0.4) is 0 Å². The Balaban J connectivity index is 2.08. The van der Waals surface area contributed by atoms with Crippen molar-refractivity contribution in [3.05, 3.63) is 65.8 Å². The van der Waals surface area contributed by atoms with Crippen LogP contribution < -0.4 is 4.74 Å². The van der Waals surface area contributed by atoms with Crippen molar-refractivity contribution in [3.8, 4) is 5.75 Å². The van der Waals surface area contributed by atoms with Gasteiger partial charge in [-0.25, -0.2) is 0 Å². The molecule has 1 aromatic rings. The predicted octanol–water partition coefficient (Wildman–Crippen LogP) is 5.26. The van der Waals surface area contributed by atoms with Crippen molar-refractivity contribution in [2.75, 3.05) is 7.11 Å². The van der Waals surface area contributed by atoms with E-state index in [9.17, 15) is 0 Å². The smallest absolute Gasteiger partial charge is 0.134 e. The Kier molecular flexibility index (Phi) is 3.83. The summed E-state index contributed by atoms with van der Waals surface area (Å²) in [4.78, 5) is 0. The Morgan fingerprint density at radius 3 is 2.76 bits per heavy atom. The predicted molar refractivity (Wildman–Crippen MR) is 90.2 cm³/mol. The van der Waals surface area contributed by atoms with Gasteiger partial charge in [-0.3, -0.25) is 0 Å². The standard InChI is InChI=1S/C20H22O/c1-4-7-14(5-2)18-8-6-9-19(20(18)21-3)16-11-10-15-12-17(15)13-16/h4-11,13,15,17H,12H2,1-3H3/b7-4-,14-5+. The molecule has 3 rings (SSSR count). The van der Waals surface area contributed by atoms with Crippen molar-refractivity contribution in [2.24, 2.45) is 11.8 Å². The number of allylic oxidation sites excluding steroid dienone is 8. The highest BCUT2D eigenvalue weighted by Gasteiger charge is 2.35. The second-order valence-corrected chi connectivity index (χ2v) is 5.67. The maximum Gasteiger partial charge on any atom is 0.134 e. The molecule has 0 aromatic heterocycles. The minimum atomic E-state index is 0.745. The van der Waals surface area contributed by atoms with Crippen molar-refractivity contribution in [3.63, 3.8) is 0 Å². The molecular formula is C20H22O. The first-order valence-electron chi connectivity index (χ1n) is 7.65. The van der Waals surface area contributed by atoms with Gasteiger partial charge in [0.15, 0.2) is 0 Å². The van der Waals surface area contributed by atoms with Crippen LogP contribution in [-0.2, 0) is 0 Å². The minimum absolute atomic E-state index is 0.745. The second kappa shape index (κ2) is 5.77. The highest BCUT2D eigenvalue weighted by atomic mass is 16.5. The first-order chi connectivity index (χ1) is 10.3. The molecule has 0 radical (unpaired) electrons. The van der Waals surface area contributed by atoms with Gasteiger partial charge in [-0.2, -0.15) is 0 Å². The summed E-state index contributed by atoms with van der Waals surface area (Å²) in [6.07, 6.45) is 14.6. The van der Waals surface area contributed by atoms with Crippen LogP contribution in [0.15, 0.2) is 54.7 Å². The Morgan fingerprint density at radius 1 is 1.24 bits per heavy atom. The van der Waals surface area contributed by atoms with Crippen molar-refractivity contribution in [1.82, 2.24) is 0 Å². The lowest BCUT2D eigenvalue weighted by Crippen LogP contribution is -1.97. The van der Waals surface area contributed by atoms with Gasteiger partial charge in [0.1, 0.15) is 5.75 Å². The summed E-state index contributed by atoms with van der Waals surface area (Å²) in [7, 11) is 1.76. The number of ether oxygens (including phenoxy) is 1. The summed E-state index contributed by atoms with van der Waals surface area (Å²) in [6.45, 7) is 4.11. The van der Waals surface area contributed by atoms with Crippen LogP contribution in [0, 0.1) is 11.8 Å². The fourth-order valence-electron chi connectivity index (χ4n) is 3.07. The van der Waals surface area contributed by atoms with Crippen molar-refractivity contribution in [2.45, 2.75) is 20.3 Å². The molecule has 0 aliphatic heterocycles. The highest BCUT2D eigenvalue weighted by molar-refractivity contribution is 5.86. The molecule has 2 unspecified atom stereocenters. The molecule has 0 heterocycles. The van der Waals surface area contributed by atoms with Crippen molar-refractivity contribution in [1.29, 1.82) is 0 Å². The second-order valence-electron chi connectivity index (χ2n) is 5.67. The van der Waals surface area contributed by atoms with Gasteiger partial charge in [0.05, 0.1) is 7.11 Å². The molecule has 0 spiro atoms. The number of para-hydroxylation sites is 1. The molecule has 21 heavy (non-hydrogen) atoms. The van der Waals surface area contributed by atoms with Crippen molar-refractivity contribution >= 4 is 11.1 Å². The first kappa shape index (κ1) is 13.9. The fourth-order valence-corrected chi connectivity index (χ4v) is 3.07. The zero-order valence-corrected chi connectivity index (χ0v) is 13.0. The van der Waals surface area contributed by atoms with Gasteiger partial charge in [-0.05, 0) is 43.3 Å². The molecule has 1 fully saturated rings. The zero-order chi connectivity index (χ0) is 14.8. The molecule has 2 atom stereocenters. The third-order valence-electron chi connectivity index (χ3n) is 4.31. The lowest BCUT2D eigenvalue weighted by atomic mass is 9.94. The van der Waals surface area contributed by atoms with Gasteiger partial charge < -0.3 is 4.74 Å². The van der Waals surface area contributed by atoms with Gasteiger partial charge in [0.2, 0.25) is 0 Å². The number of fused-ring (bicyclic) bond motifs is 1. The van der Waals surface area contributed by atoms with Gasteiger partial charge >= 0.3 is 0 Å². The van der Waals surface area contributed by atoms with E-state index in [4.69, 9.17) is 4.74 Å². The zero-order valence-electron chi connectivity index (χ0n) is 13.0. The Labute approximate surface area is 127 Å². The van der Waals surface area contributed by atoms with Crippen LogP contribution in [0.5, 0.6) is 5.75 Å². The van der Waals surface area contributed by atoms with E-state index < -0.39 is 0 Å². The van der Waals surface area contributed by atoms with E-state index in [1.165, 1.54) is 23.1 Å². The van der Waals surface area contributed by atoms with E-state index in [2.05, 4.69) is 61.6 Å². The molecular weight excluding hydrogens is 256 g/mol. The normalized spacial score (nSPS) is 24.0. The van der Waals surface area contributed by atoms with Crippen LogP contribution in [0.4, 0.5) is 0 Å².